The fraction of sp³-hybridized carbons (Fsp3) is 0.280. The van der Waals surface area contributed by atoms with Crippen LogP contribution in [0, 0.1) is 30.7 Å². The van der Waals surface area contributed by atoms with Crippen molar-refractivity contribution in [3.63, 3.8) is 0 Å². The van der Waals surface area contributed by atoms with E-state index in [-0.39, 0.29) is 17.7 Å². The molecule has 0 radical (unpaired) electrons. The van der Waals surface area contributed by atoms with Crippen molar-refractivity contribution in [2.75, 3.05) is 7.11 Å². The van der Waals surface area contributed by atoms with Crippen LogP contribution in [0.5, 0.6) is 5.75 Å². The molecule has 0 fully saturated rings. The van der Waals surface area contributed by atoms with Gasteiger partial charge in [-0.15, -0.1) is 0 Å². The number of aromatic nitrogens is 3. The van der Waals surface area contributed by atoms with E-state index in [0.717, 1.165) is 30.3 Å². The van der Waals surface area contributed by atoms with Gasteiger partial charge in [-0.1, -0.05) is 11.2 Å². The summed E-state index contributed by atoms with van der Waals surface area (Å²) >= 11 is 0. The van der Waals surface area contributed by atoms with E-state index in [9.17, 15) is 13.9 Å². The topological polar surface area (TPSA) is 73.3 Å². The third kappa shape index (κ3) is 3.64. The summed E-state index contributed by atoms with van der Waals surface area (Å²) in [6.45, 7) is 1.89. The molecule has 0 saturated carbocycles. The van der Waals surface area contributed by atoms with Crippen LogP contribution in [0.15, 0.2) is 41.3 Å². The Morgan fingerprint density at radius 2 is 1.94 bits per heavy atom. The number of rotatable bonds is 4. The molecule has 6 nitrogen and oxygen atoms in total. The maximum atomic E-state index is 13.9. The van der Waals surface area contributed by atoms with Gasteiger partial charge in [0.1, 0.15) is 29.3 Å². The van der Waals surface area contributed by atoms with Gasteiger partial charge < -0.3 is 14.4 Å². The van der Waals surface area contributed by atoms with E-state index in [4.69, 9.17) is 9.26 Å². The van der Waals surface area contributed by atoms with Crippen LogP contribution in [0.4, 0.5) is 8.78 Å². The zero-order valence-corrected chi connectivity index (χ0v) is 18.2. The Morgan fingerprint density at radius 3 is 2.64 bits per heavy atom. The second-order valence-corrected chi connectivity index (χ2v) is 8.21. The molecule has 4 aromatic rings. The molecule has 33 heavy (non-hydrogen) atoms. The number of fused-ring (bicyclic) bond motifs is 1. The Kier molecular flexibility index (Phi) is 5.14. The molecule has 1 aliphatic rings. The quantitative estimate of drug-likeness (QED) is 0.458. The molecule has 2 heterocycles. The Morgan fingerprint density at radius 1 is 1.15 bits per heavy atom. The molecule has 1 N–H and O–H groups in total. The van der Waals surface area contributed by atoms with Crippen molar-refractivity contribution in [2.24, 2.45) is 0 Å². The second-order valence-electron chi connectivity index (χ2n) is 8.21. The molecule has 0 amide bonds. The van der Waals surface area contributed by atoms with Gasteiger partial charge in [0.2, 0.25) is 0 Å². The molecule has 2 aromatic carbocycles. The van der Waals surface area contributed by atoms with Crippen LogP contribution >= 0.6 is 0 Å². The minimum absolute atomic E-state index is 0.102. The average molecular weight is 449 g/mol. The molecular weight excluding hydrogens is 428 g/mol. The monoisotopic (exact) mass is 449 g/mol. The molecule has 1 atom stereocenters. The molecule has 0 spiro atoms. The molecule has 8 heteroatoms. The fourth-order valence-electron chi connectivity index (χ4n) is 4.38. The normalized spacial score (nSPS) is 17.8. The summed E-state index contributed by atoms with van der Waals surface area (Å²) in [7, 11) is 1.56. The number of hydrogen-bond acceptors (Lipinski definition) is 5. The van der Waals surface area contributed by atoms with Crippen molar-refractivity contribution in [3.05, 3.63) is 83.1 Å². The van der Waals surface area contributed by atoms with Crippen LogP contribution in [-0.2, 0) is 12.0 Å². The van der Waals surface area contributed by atoms with Crippen molar-refractivity contribution in [1.29, 1.82) is 0 Å². The van der Waals surface area contributed by atoms with Gasteiger partial charge >= 0.3 is 0 Å². The van der Waals surface area contributed by atoms with Gasteiger partial charge in [0.25, 0.3) is 0 Å². The Balaban J connectivity index is 1.61. The standard InChI is InChI=1S/C25H21F2N3O3/c1-15-13-30(14-28-15)21-7-6-16(9-22(21)32-2)23-20-5-3-4-8-25(31,24(20)33-29-23)17-10-18(26)12-19(27)11-17/h9-14,31H,3-5,8H2,1-2H3. The van der Waals surface area contributed by atoms with E-state index in [0.29, 0.717) is 41.1 Å². The highest BCUT2D eigenvalue weighted by atomic mass is 19.1. The fourth-order valence-corrected chi connectivity index (χ4v) is 4.38. The maximum absolute atomic E-state index is 13.9. The lowest BCUT2D eigenvalue weighted by Gasteiger charge is -2.25. The Labute approximate surface area is 189 Å². The Hall–Kier alpha value is -3.70. The molecule has 0 saturated heterocycles. The number of imidazole rings is 1. The molecule has 2 aromatic heterocycles. The predicted molar refractivity (Wildman–Crippen MR) is 115 cm³/mol. The smallest absolute Gasteiger partial charge is 0.176 e. The molecule has 0 aliphatic heterocycles. The van der Waals surface area contributed by atoms with Gasteiger partial charge in [0, 0.05) is 23.9 Å². The highest BCUT2D eigenvalue weighted by molar-refractivity contribution is 5.66. The van der Waals surface area contributed by atoms with E-state index in [1.165, 1.54) is 0 Å². The molecule has 168 valence electrons. The first-order chi connectivity index (χ1) is 15.9. The van der Waals surface area contributed by atoms with Crippen molar-refractivity contribution < 1.29 is 23.1 Å². The van der Waals surface area contributed by atoms with Crippen LogP contribution in [0.1, 0.15) is 41.8 Å². The van der Waals surface area contributed by atoms with Gasteiger partial charge in [-0.25, -0.2) is 13.8 Å². The van der Waals surface area contributed by atoms with Crippen molar-refractivity contribution in [3.8, 4) is 22.7 Å². The average Bonchev–Trinajstić information content (AvgIpc) is 3.38. The first kappa shape index (κ1) is 21.2. The minimum Gasteiger partial charge on any atom is -0.494 e. The highest BCUT2D eigenvalue weighted by Crippen LogP contribution is 2.43. The van der Waals surface area contributed by atoms with Crippen LogP contribution in [0.3, 0.4) is 0 Å². The SMILES string of the molecule is COc1cc(-c2noc3c2CCCCC3(O)c2cc(F)cc(F)c2)c#cc1-n1cnc(C)c1. The number of methoxy groups -OCH3 is 1. The van der Waals surface area contributed by atoms with E-state index in [1.54, 1.807) is 24.1 Å². The Bertz CT molecular complexity index is 1310. The third-order valence-corrected chi connectivity index (χ3v) is 5.99. The highest BCUT2D eigenvalue weighted by Gasteiger charge is 2.41. The zero-order chi connectivity index (χ0) is 23.2. The first-order valence-corrected chi connectivity index (χ1v) is 10.6. The van der Waals surface area contributed by atoms with Gasteiger partial charge in [0.15, 0.2) is 17.1 Å². The largest absolute Gasteiger partial charge is 0.494 e. The molecule has 1 aliphatic carbocycles. The number of aliphatic hydroxyl groups is 1. The van der Waals surface area contributed by atoms with E-state index < -0.39 is 17.2 Å². The molecule has 5 rings (SSSR count). The summed E-state index contributed by atoms with van der Waals surface area (Å²) in [6, 6.07) is 11.0. The molecular formula is C25H21F2N3O3. The van der Waals surface area contributed by atoms with Crippen LogP contribution < -0.4 is 4.74 Å². The number of hydrogen-bond donors (Lipinski definition) is 1. The number of halogens is 2. The lowest BCUT2D eigenvalue weighted by molar-refractivity contribution is 0.0406. The maximum Gasteiger partial charge on any atom is 0.176 e. The number of aryl methyl sites for hydroxylation is 1. The van der Waals surface area contributed by atoms with Crippen molar-refractivity contribution in [2.45, 2.75) is 38.2 Å². The van der Waals surface area contributed by atoms with Crippen LogP contribution in [-0.4, -0.2) is 26.9 Å². The van der Waals surface area contributed by atoms with Crippen LogP contribution in [0.25, 0.3) is 16.9 Å². The van der Waals surface area contributed by atoms with Gasteiger partial charge in [-0.2, -0.15) is 0 Å². The summed E-state index contributed by atoms with van der Waals surface area (Å²) in [4.78, 5) is 4.23. The summed E-state index contributed by atoms with van der Waals surface area (Å²) < 4.78 is 40.9. The van der Waals surface area contributed by atoms with Crippen molar-refractivity contribution in [1.82, 2.24) is 14.7 Å². The van der Waals surface area contributed by atoms with E-state index in [1.807, 2.05) is 13.1 Å². The summed E-state index contributed by atoms with van der Waals surface area (Å²) in [5.74, 6) is -0.792. The van der Waals surface area contributed by atoms with Gasteiger partial charge in [0.05, 0.1) is 18.4 Å². The third-order valence-electron chi connectivity index (χ3n) is 5.99. The molecule has 1 unspecified atom stereocenters. The number of nitrogens with zero attached hydrogens (tertiary/aromatic N) is 3. The predicted octanol–water partition coefficient (Wildman–Crippen LogP) is 4.69. The van der Waals surface area contributed by atoms with Gasteiger partial charge in [-0.3, -0.25) is 4.57 Å². The minimum atomic E-state index is -1.69. The van der Waals surface area contributed by atoms with Crippen molar-refractivity contribution >= 4 is 0 Å². The van der Waals surface area contributed by atoms with E-state index >= 15 is 0 Å². The summed E-state index contributed by atoms with van der Waals surface area (Å²) in [6.07, 6.45) is 5.77. The van der Waals surface area contributed by atoms with Gasteiger partial charge in [-0.05, 0) is 56.4 Å². The van der Waals surface area contributed by atoms with E-state index in [2.05, 4.69) is 22.3 Å². The zero-order valence-electron chi connectivity index (χ0n) is 18.2. The summed E-state index contributed by atoms with van der Waals surface area (Å²) in [5, 5.41) is 15.8. The lowest BCUT2D eigenvalue weighted by atomic mass is 9.86. The first-order valence-electron chi connectivity index (χ1n) is 10.6. The summed E-state index contributed by atoms with van der Waals surface area (Å²) in [5.41, 5.74) is 1.65. The second kappa shape index (κ2) is 8.01. The van der Waals surface area contributed by atoms with Crippen LogP contribution in [0.2, 0.25) is 0 Å². The lowest BCUT2D eigenvalue weighted by Crippen LogP contribution is -2.27. The number of benzene rings is 1. The molecule has 0 bridgehead atoms. The number of ether oxygens (including phenoxy) is 1.